The fraction of sp³-hybridized carbons (Fsp3) is 0.350. The molecule has 0 radical (unpaired) electrons. The highest BCUT2D eigenvalue weighted by atomic mass is 19.1. The second-order valence-corrected chi connectivity index (χ2v) is 7.16. The number of nitrogens with one attached hydrogen (secondary N) is 1. The van der Waals surface area contributed by atoms with Gasteiger partial charge in [0.2, 0.25) is 0 Å². The van der Waals surface area contributed by atoms with E-state index < -0.39 is 0 Å². The number of carbonyl (C=O) groups is 1. The fourth-order valence-electron chi connectivity index (χ4n) is 3.52. The Balaban J connectivity index is 1.36. The maximum Gasteiger partial charge on any atom is 0.271 e. The van der Waals surface area contributed by atoms with E-state index in [-0.39, 0.29) is 11.7 Å². The zero-order valence-electron chi connectivity index (χ0n) is 16.0. The molecule has 8 heteroatoms. The van der Waals surface area contributed by atoms with Gasteiger partial charge in [-0.1, -0.05) is 0 Å². The minimum absolute atomic E-state index is 0.0573. The highest BCUT2D eigenvalue weighted by Gasteiger charge is 2.24. The number of nitrogens with zero attached hydrogens (tertiary/aromatic N) is 5. The number of piperazine rings is 1. The molecule has 3 aromatic rings. The lowest BCUT2D eigenvalue weighted by molar-refractivity contribution is 0.0622. The maximum atomic E-state index is 13.1. The average Bonchev–Trinajstić information content (AvgIpc) is 3.29. The second kappa shape index (κ2) is 7.55. The first-order chi connectivity index (χ1) is 13.5. The van der Waals surface area contributed by atoms with Crippen molar-refractivity contribution in [3.63, 3.8) is 0 Å². The molecule has 1 fully saturated rings. The number of aromatic nitrogens is 4. The van der Waals surface area contributed by atoms with Crippen LogP contribution < -0.4 is 0 Å². The number of aromatic amines is 1. The number of rotatable bonds is 4. The molecule has 0 unspecified atom stereocenters. The molecule has 3 heterocycles. The van der Waals surface area contributed by atoms with Gasteiger partial charge in [-0.15, -0.1) is 0 Å². The van der Waals surface area contributed by atoms with Gasteiger partial charge >= 0.3 is 0 Å². The summed E-state index contributed by atoms with van der Waals surface area (Å²) in [6, 6.07) is 7.79. The van der Waals surface area contributed by atoms with Crippen LogP contribution in [0.5, 0.6) is 0 Å². The van der Waals surface area contributed by atoms with Crippen LogP contribution in [0.25, 0.3) is 11.3 Å². The molecule has 0 spiro atoms. The summed E-state index contributed by atoms with van der Waals surface area (Å²) < 4.78 is 14.9. The SMILES string of the molecule is Cc1nn(C)cc1CN1CCN(C(=O)c2cc(-c3ccc(F)cc3)n[nH]2)CC1. The van der Waals surface area contributed by atoms with Gasteiger partial charge in [-0.05, 0) is 37.3 Å². The van der Waals surface area contributed by atoms with Crippen LogP contribution in [0.4, 0.5) is 4.39 Å². The average molecular weight is 382 g/mol. The van der Waals surface area contributed by atoms with Crippen LogP contribution in [0.3, 0.4) is 0 Å². The van der Waals surface area contributed by atoms with Crippen molar-refractivity contribution in [2.24, 2.45) is 7.05 Å². The first-order valence-electron chi connectivity index (χ1n) is 9.32. The molecule has 1 aliphatic rings. The van der Waals surface area contributed by atoms with E-state index in [0.29, 0.717) is 24.5 Å². The number of H-pyrrole nitrogens is 1. The third-order valence-corrected chi connectivity index (χ3v) is 5.12. The molecule has 1 aliphatic heterocycles. The Morgan fingerprint density at radius 2 is 1.89 bits per heavy atom. The monoisotopic (exact) mass is 382 g/mol. The van der Waals surface area contributed by atoms with Crippen molar-refractivity contribution in [3.8, 4) is 11.3 Å². The number of amides is 1. The topological polar surface area (TPSA) is 70.1 Å². The number of halogens is 1. The van der Waals surface area contributed by atoms with E-state index in [1.165, 1.54) is 17.7 Å². The van der Waals surface area contributed by atoms with Crippen molar-refractivity contribution in [3.05, 3.63) is 59.3 Å². The molecule has 0 saturated carbocycles. The first kappa shape index (κ1) is 18.4. The predicted octanol–water partition coefficient (Wildman–Crippen LogP) is 2.22. The molecule has 1 saturated heterocycles. The van der Waals surface area contributed by atoms with Crippen LogP contribution in [-0.2, 0) is 13.6 Å². The van der Waals surface area contributed by atoms with Crippen LogP contribution in [0.1, 0.15) is 21.7 Å². The van der Waals surface area contributed by atoms with Crippen LogP contribution >= 0.6 is 0 Å². The Kier molecular flexibility index (Phi) is 4.95. The molecule has 7 nitrogen and oxygen atoms in total. The van der Waals surface area contributed by atoms with Crippen molar-refractivity contribution >= 4 is 5.91 Å². The molecule has 1 N–H and O–H groups in total. The van der Waals surface area contributed by atoms with Crippen molar-refractivity contribution in [1.82, 2.24) is 29.8 Å². The van der Waals surface area contributed by atoms with Gasteiger partial charge in [-0.3, -0.25) is 19.5 Å². The van der Waals surface area contributed by atoms with Crippen LogP contribution in [0.2, 0.25) is 0 Å². The summed E-state index contributed by atoms with van der Waals surface area (Å²) in [5.41, 5.74) is 4.13. The van der Waals surface area contributed by atoms with E-state index in [1.807, 2.05) is 23.6 Å². The predicted molar refractivity (Wildman–Crippen MR) is 103 cm³/mol. The van der Waals surface area contributed by atoms with E-state index in [9.17, 15) is 9.18 Å². The molecule has 0 aliphatic carbocycles. The van der Waals surface area contributed by atoms with Crippen molar-refractivity contribution in [2.75, 3.05) is 26.2 Å². The lowest BCUT2D eigenvalue weighted by Gasteiger charge is -2.34. The number of hydrogen-bond acceptors (Lipinski definition) is 4. The lowest BCUT2D eigenvalue weighted by Crippen LogP contribution is -2.48. The van der Waals surface area contributed by atoms with E-state index in [4.69, 9.17) is 0 Å². The summed E-state index contributed by atoms with van der Waals surface area (Å²) in [5.74, 6) is -0.354. The van der Waals surface area contributed by atoms with Gasteiger partial charge in [-0.2, -0.15) is 10.2 Å². The number of benzene rings is 1. The number of hydrogen-bond donors (Lipinski definition) is 1. The van der Waals surface area contributed by atoms with E-state index in [1.54, 1.807) is 18.2 Å². The van der Waals surface area contributed by atoms with Crippen LogP contribution in [-0.4, -0.2) is 61.9 Å². The highest BCUT2D eigenvalue weighted by Crippen LogP contribution is 2.19. The molecule has 146 valence electrons. The minimum Gasteiger partial charge on any atom is -0.335 e. The number of carbonyl (C=O) groups excluding carboxylic acids is 1. The molecule has 1 amide bonds. The Bertz CT molecular complexity index is 969. The third-order valence-electron chi connectivity index (χ3n) is 5.12. The third kappa shape index (κ3) is 3.82. The molecule has 2 aromatic heterocycles. The van der Waals surface area contributed by atoms with Gasteiger partial charge < -0.3 is 4.90 Å². The summed E-state index contributed by atoms with van der Waals surface area (Å²) in [5, 5.41) is 11.4. The van der Waals surface area contributed by atoms with Crippen molar-refractivity contribution in [1.29, 1.82) is 0 Å². The largest absolute Gasteiger partial charge is 0.335 e. The van der Waals surface area contributed by atoms with Gasteiger partial charge in [0.1, 0.15) is 11.5 Å². The standard InChI is InChI=1S/C20H23FN6O/c1-14-16(12-25(2)24-14)13-26-7-9-27(10-8-26)20(28)19-11-18(22-23-19)15-3-5-17(21)6-4-15/h3-6,11-12H,7-10,13H2,1-2H3,(H,22,23). The van der Waals surface area contributed by atoms with E-state index >= 15 is 0 Å². The minimum atomic E-state index is -0.296. The quantitative estimate of drug-likeness (QED) is 0.751. The molecule has 4 rings (SSSR count). The van der Waals surface area contributed by atoms with Crippen LogP contribution in [0, 0.1) is 12.7 Å². The van der Waals surface area contributed by atoms with E-state index in [0.717, 1.165) is 30.9 Å². The first-order valence-corrected chi connectivity index (χ1v) is 9.32. The Morgan fingerprint density at radius 3 is 2.54 bits per heavy atom. The summed E-state index contributed by atoms with van der Waals surface area (Å²) in [4.78, 5) is 17.0. The smallest absolute Gasteiger partial charge is 0.271 e. The molecular formula is C20H23FN6O. The fourth-order valence-corrected chi connectivity index (χ4v) is 3.52. The Labute approximate surface area is 162 Å². The molecule has 0 bridgehead atoms. The van der Waals surface area contributed by atoms with Gasteiger partial charge in [0.15, 0.2) is 0 Å². The van der Waals surface area contributed by atoms with Gasteiger partial charge in [0.25, 0.3) is 5.91 Å². The number of aryl methyl sites for hydroxylation is 2. The molecule has 1 aromatic carbocycles. The summed E-state index contributed by atoms with van der Waals surface area (Å²) in [6.45, 7) is 5.84. The normalized spacial score (nSPS) is 15.2. The van der Waals surface area contributed by atoms with Gasteiger partial charge in [0, 0.05) is 57.1 Å². The molecule has 28 heavy (non-hydrogen) atoms. The summed E-state index contributed by atoms with van der Waals surface area (Å²) in [6.07, 6.45) is 2.05. The second-order valence-electron chi connectivity index (χ2n) is 7.16. The van der Waals surface area contributed by atoms with Crippen molar-refractivity contribution < 1.29 is 9.18 Å². The molecular weight excluding hydrogens is 359 g/mol. The van der Waals surface area contributed by atoms with Crippen molar-refractivity contribution in [2.45, 2.75) is 13.5 Å². The van der Waals surface area contributed by atoms with Gasteiger partial charge in [0.05, 0.1) is 11.4 Å². The van der Waals surface area contributed by atoms with E-state index in [2.05, 4.69) is 26.4 Å². The highest BCUT2D eigenvalue weighted by molar-refractivity contribution is 5.93. The summed E-state index contributed by atoms with van der Waals surface area (Å²) in [7, 11) is 1.93. The molecule has 0 atom stereocenters. The zero-order chi connectivity index (χ0) is 19.7. The van der Waals surface area contributed by atoms with Gasteiger partial charge in [-0.25, -0.2) is 4.39 Å². The summed E-state index contributed by atoms with van der Waals surface area (Å²) >= 11 is 0. The van der Waals surface area contributed by atoms with Crippen LogP contribution in [0.15, 0.2) is 36.5 Å². The zero-order valence-corrected chi connectivity index (χ0v) is 16.0. The Hall–Kier alpha value is -3.00. The Morgan fingerprint density at radius 1 is 1.18 bits per heavy atom. The lowest BCUT2D eigenvalue weighted by atomic mass is 10.1. The maximum absolute atomic E-state index is 13.1.